The molecular weight excluding hydrogens is 252 g/mol. The molecule has 0 bridgehead atoms. The summed E-state index contributed by atoms with van der Waals surface area (Å²) in [7, 11) is 5.54. The summed E-state index contributed by atoms with van der Waals surface area (Å²) in [6.07, 6.45) is -0.447. The van der Waals surface area contributed by atoms with Crippen LogP contribution in [-0.2, 0) is 0 Å². The zero-order valence-corrected chi connectivity index (χ0v) is 12.3. The molecule has 0 aliphatic carbocycles. The fourth-order valence-electron chi connectivity index (χ4n) is 1.62. The minimum Gasteiger partial charge on any atom is -0.410 e. The number of carbonyl (C=O) groups is 1. The maximum atomic E-state index is 11.1. The van der Waals surface area contributed by atoms with Gasteiger partial charge in [-0.3, -0.25) is 0 Å². The molecule has 4 nitrogen and oxygen atoms in total. The van der Waals surface area contributed by atoms with Crippen molar-refractivity contribution in [3.05, 3.63) is 23.8 Å². The van der Waals surface area contributed by atoms with E-state index in [1.807, 2.05) is 26.2 Å². The van der Waals surface area contributed by atoms with Gasteiger partial charge in [-0.2, -0.15) is 0 Å². The number of halogens is 1. The number of benzene rings is 1. The van der Waals surface area contributed by atoms with E-state index in [9.17, 15) is 4.79 Å². The molecule has 0 radical (unpaired) electrons. The first-order valence-electron chi connectivity index (χ1n) is 5.66. The van der Waals surface area contributed by atoms with Gasteiger partial charge in [0.05, 0.1) is 0 Å². The summed E-state index contributed by atoms with van der Waals surface area (Å²) in [6, 6.07) is 5.68. The van der Waals surface area contributed by atoms with E-state index in [4.69, 9.17) is 4.74 Å². The molecule has 0 fully saturated rings. The molecule has 1 rings (SSSR count). The molecule has 0 saturated carbocycles. The average Bonchev–Trinajstić information content (AvgIpc) is 2.28. The Bertz CT molecular complexity index is 406. The first-order valence-corrected chi connectivity index (χ1v) is 5.66. The number of rotatable bonds is 3. The Hall–Kier alpha value is -1.42. The van der Waals surface area contributed by atoms with Crippen molar-refractivity contribution in [1.29, 1.82) is 0 Å². The molecule has 0 spiro atoms. The molecule has 1 aromatic carbocycles. The summed E-state index contributed by atoms with van der Waals surface area (Å²) >= 11 is 0. The highest BCUT2D eigenvalue weighted by atomic mass is 35.5. The number of hydrogen-bond acceptors (Lipinski definition) is 3. The van der Waals surface area contributed by atoms with Crippen LogP contribution in [0.1, 0.15) is 25.3 Å². The molecule has 5 heteroatoms. The summed E-state index contributed by atoms with van der Waals surface area (Å²) in [5.74, 6) is 0.944. The smallest absolute Gasteiger partial charge is 0.410 e. The summed E-state index contributed by atoms with van der Waals surface area (Å²) in [5, 5.41) is 2.43. The van der Waals surface area contributed by atoms with Gasteiger partial charge < -0.3 is 15.0 Å². The lowest BCUT2D eigenvalue weighted by atomic mass is 10.0. The molecule has 0 unspecified atom stereocenters. The first kappa shape index (κ1) is 16.6. The normalized spacial score (nSPS) is 9.67. The maximum Gasteiger partial charge on any atom is 0.412 e. The number of carbonyl (C=O) groups excluding carboxylic acids is 1. The molecule has 0 aromatic heterocycles. The van der Waals surface area contributed by atoms with Gasteiger partial charge in [0.15, 0.2) is 0 Å². The van der Waals surface area contributed by atoms with Crippen molar-refractivity contribution in [2.75, 3.05) is 26.0 Å². The van der Waals surface area contributed by atoms with Crippen LogP contribution in [0, 0.1) is 0 Å². The first-order chi connectivity index (χ1) is 7.95. The predicted molar refractivity (Wildman–Crippen MR) is 77.2 cm³/mol. The van der Waals surface area contributed by atoms with Crippen molar-refractivity contribution in [3.63, 3.8) is 0 Å². The quantitative estimate of drug-likeness (QED) is 0.920. The number of hydrogen-bond donors (Lipinski definition) is 1. The topological polar surface area (TPSA) is 41.6 Å². The second kappa shape index (κ2) is 7.11. The number of ether oxygens (including phenoxy) is 1. The minimum absolute atomic E-state index is 0. The third kappa shape index (κ3) is 4.11. The highest BCUT2D eigenvalue weighted by Crippen LogP contribution is 2.30. The highest BCUT2D eigenvalue weighted by molar-refractivity contribution is 5.85. The van der Waals surface area contributed by atoms with Gasteiger partial charge in [-0.25, -0.2) is 4.79 Å². The zero-order valence-electron chi connectivity index (χ0n) is 11.5. The molecule has 18 heavy (non-hydrogen) atoms. The molecular formula is C13H21ClN2O2. The number of nitrogens with zero attached hydrogens (tertiary/aromatic N) is 1. The summed E-state index contributed by atoms with van der Waals surface area (Å²) < 4.78 is 5.12. The minimum atomic E-state index is -0.447. The Morgan fingerprint density at radius 1 is 1.33 bits per heavy atom. The standard InChI is InChI=1S/C13H20N2O2.ClH/c1-9(2)11-8-10(17-13(16)14-3)6-7-12(11)15(4)5;/h6-9H,1-5H3,(H,14,16);1H. The lowest BCUT2D eigenvalue weighted by Gasteiger charge is -2.20. The van der Waals surface area contributed by atoms with Crippen LogP contribution >= 0.6 is 12.4 Å². The molecule has 0 aliphatic heterocycles. The van der Waals surface area contributed by atoms with Crippen molar-refractivity contribution < 1.29 is 9.53 Å². The Balaban J connectivity index is 0.00000289. The van der Waals surface area contributed by atoms with Crippen LogP contribution in [-0.4, -0.2) is 27.2 Å². The van der Waals surface area contributed by atoms with Gasteiger partial charge >= 0.3 is 6.09 Å². The third-order valence-electron chi connectivity index (χ3n) is 2.52. The van der Waals surface area contributed by atoms with Gasteiger partial charge in [0, 0.05) is 26.8 Å². The summed E-state index contributed by atoms with van der Waals surface area (Å²) in [5.41, 5.74) is 2.31. The zero-order chi connectivity index (χ0) is 13.0. The average molecular weight is 273 g/mol. The molecule has 0 atom stereocenters. The molecule has 0 aliphatic rings. The lowest BCUT2D eigenvalue weighted by molar-refractivity contribution is 0.203. The predicted octanol–water partition coefficient (Wildman–Crippen LogP) is 3.02. The number of anilines is 1. The van der Waals surface area contributed by atoms with E-state index in [1.54, 1.807) is 13.1 Å². The summed E-state index contributed by atoms with van der Waals surface area (Å²) in [6.45, 7) is 4.23. The van der Waals surface area contributed by atoms with E-state index >= 15 is 0 Å². The van der Waals surface area contributed by atoms with E-state index in [2.05, 4.69) is 24.1 Å². The monoisotopic (exact) mass is 272 g/mol. The van der Waals surface area contributed by atoms with Crippen LogP contribution < -0.4 is 15.0 Å². The Morgan fingerprint density at radius 2 is 1.94 bits per heavy atom. The SMILES string of the molecule is CNC(=O)Oc1ccc(N(C)C)c(C(C)C)c1.Cl. The van der Waals surface area contributed by atoms with Crippen molar-refractivity contribution in [2.45, 2.75) is 19.8 Å². The second-order valence-electron chi connectivity index (χ2n) is 4.41. The van der Waals surface area contributed by atoms with Gasteiger partial charge in [0.1, 0.15) is 5.75 Å². The van der Waals surface area contributed by atoms with E-state index in [0.29, 0.717) is 11.7 Å². The molecule has 1 N–H and O–H groups in total. The van der Waals surface area contributed by atoms with Crippen molar-refractivity contribution >= 4 is 24.2 Å². The van der Waals surface area contributed by atoms with Crippen molar-refractivity contribution in [2.24, 2.45) is 0 Å². The largest absolute Gasteiger partial charge is 0.412 e. The van der Waals surface area contributed by atoms with Crippen LogP contribution in [0.15, 0.2) is 18.2 Å². The summed E-state index contributed by atoms with van der Waals surface area (Å²) in [4.78, 5) is 13.2. The van der Waals surface area contributed by atoms with E-state index in [-0.39, 0.29) is 12.4 Å². The van der Waals surface area contributed by atoms with Crippen LogP contribution in [0.2, 0.25) is 0 Å². The van der Waals surface area contributed by atoms with Crippen LogP contribution in [0.5, 0.6) is 5.75 Å². The fourth-order valence-corrected chi connectivity index (χ4v) is 1.62. The number of nitrogens with one attached hydrogen (secondary N) is 1. The van der Waals surface area contributed by atoms with E-state index in [0.717, 1.165) is 11.3 Å². The van der Waals surface area contributed by atoms with Crippen molar-refractivity contribution in [3.8, 4) is 5.75 Å². The molecule has 102 valence electrons. The maximum absolute atomic E-state index is 11.1. The van der Waals surface area contributed by atoms with Gasteiger partial charge in [0.2, 0.25) is 0 Å². The van der Waals surface area contributed by atoms with Gasteiger partial charge in [0.25, 0.3) is 0 Å². The van der Waals surface area contributed by atoms with Crippen LogP contribution in [0.25, 0.3) is 0 Å². The van der Waals surface area contributed by atoms with E-state index in [1.165, 1.54) is 0 Å². The Kier molecular flexibility index (Phi) is 6.55. The third-order valence-corrected chi connectivity index (χ3v) is 2.52. The highest BCUT2D eigenvalue weighted by Gasteiger charge is 2.11. The Labute approximate surface area is 115 Å². The van der Waals surface area contributed by atoms with Crippen LogP contribution in [0.3, 0.4) is 0 Å². The molecule has 1 aromatic rings. The lowest BCUT2D eigenvalue weighted by Crippen LogP contribution is -2.22. The van der Waals surface area contributed by atoms with Gasteiger partial charge in [-0.15, -0.1) is 12.4 Å². The molecule has 0 heterocycles. The van der Waals surface area contributed by atoms with Gasteiger partial charge in [-0.05, 0) is 29.7 Å². The van der Waals surface area contributed by atoms with E-state index < -0.39 is 6.09 Å². The van der Waals surface area contributed by atoms with Crippen LogP contribution in [0.4, 0.5) is 10.5 Å². The molecule has 1 amide bonds. The fraction of sp³-hybridized carbons (Fsp3) is 0.462. The Morgan fingerprint density at radius 3 is 2.39 bits per heavy atom. The van der Waals surface area contributed by atoms with Crippen molar-refractivity contribution in [1.82, 2.24) is 5.32 Å². The van der Waals surface area contributed by atoms with Gasteiger partial charge in [-0.1, -0.05) is 13.8 Å². The number of amides is 1. The molecule has 0 saturated heterocycles. The second-order valence-corrected chi connectivity index (χ2v) is 4.41.